The zero-order valence-corrected chi connectivity index (χ0v) is 4.84. The molecule has 0 fully saturated rings. The van der Waals surface area contributed by atoms with E-state index in [9.17, 15) is 4.91 Å². The van der Waals surface area contributed by atoms with Crippen LogP contribution in [0.2, 0.25) is 0 Å². The van der Waals surface area contributed by atoms with Crippen LogP contribution in [0.15, 0.2) is 25.3 Å². The van der Waals surface area contributed by atoms with Crippen LogP contribution in [0.1, 0.15) is 0 Å². The van der Waals surface area contributed by atoms with E-state index < -0.39 is 0 Å². The summed E-state index contributed by atoms with van der Waals surface area (Å²) in [5.74, 6) is 0. The minimum atomic E-state index is 0.381. The summed E-state index contributed by atoms with van der Waals surface area (Å²) in [6, 6.07) is 0. The molecule has 0 atom stereocenters. The van der Waals surface area contributed by atoms with Crippen LogP contribution in [0.5, 0.6) is 0 Å². The molecular formula is C6H10NO+. The van der Waals surface area contributed by atoms with Crippen LogP contribution in [-0.4, -0.2) is 17.8 Å². The molecule has 8 heavy (non-hydrogen) atoms. The standard InChI is InChI=1S/C6H10NO/c1-3-5-7(8)6-4-2/h3-4H,1-2,5-6H2/q+1. The maximum atomic E-state index is 10.4. The normalized spacial score (nSPS) is 8.00. The van der Waals surface area contributed by atoms with Crippen molar-refractivity contribution < 1.29 is 4.76 Å². The summed E-state index contributed by atoms with van der Waals surface area (Å²) in [6.07, 6.45) is 3.13. The van der Waals surface area contributed by atoms with Gasteiger partial charge in [0.1, 0.15) is 0 Å². The van der Waals surface area contributed by atoms with E-state index in [1.54, 1.807) is 12.2 Å². The van der Waals surface area contributed by atoms with E-state index in [2.05, 4.69) is 13.2 Å². The van der Waals surface area contributed by atoms with Crippen molar-refractivity contribution in [1.29, 1.82) is 0 Å². The Morgan fingerprint density at radius 3 is 1.88 bits per heavy atom. The molecule has 0 heterocycles. The van der Waals surface area contributed by atoms with Crippen LogP contribution in [0.4, 0.5) is 0 Å². The lowest BCUT2D eigenvalue weighted by Gasteiger charge is -1.79. The van der Waals surface area contributed by atoms with Gasteiger partial charge in [0.05, 0.1) is 0 Å². The van der Waals surface area contributed by atoms with E-state index in [-0.39, 0.29) is 0 Å². The molecule has 0 aromatic heterocycles. The van der Waals surface area contributed by atoms with Crippen molar-refractivity contribution in [3.8, 4) is 0 Å². The van der Waals surface area contributed by atoms with Crippen LogP contribution < -0.4 is 0 Å². The Kier molecular flexibility index (Phi) is 3.76. The van der Waals surface area contributed by atoms with Crippen molar-refractivity contribution in [3.05, 3.63) is 30.2 Å². The van der Waals surface area contributed by atoms with Crippen LogP contribution in [0, 0.1) is 4.91 Å². The first-order valence-electron chi connectivity index (χ1n) is 2.45. The maximum absolute atomic E-state index is 10.4. The monoisotopic (exact) mass is 112 g/mol. The van der Waals surface area contributed by atoms with Gasteiger partial charge < -0.3 is 0 Å². The highest BCUT2D eigenvalue weighted by molar-refractivity contribution is 4.66. The van der Waals surface area contributed by atoms with Crippen molar-refractivity contribution in [3.63, 3.8) is 0 Å². The van der Waals surface area contributed by atoms with Crippen molar-refractivity contribution in [2.24, 2.45) is 0 Å². The lowest BCUT2D eigenvalue weighted by atomic mass is 10.5. The van der Waals surface area contributed by atoms with Crippen LogP contribution in [-0.2, 0) is 0 Å². The summed E-state index contributed by atoms with van der Waals surface area (Å²) in [4.78, 5) is 10.4. The number of hydrogen-bond acceptors (Lipinski definition) is 1. The largest absolute Gasteiger partial charge is 0.210 e. The van der Waals surface area contributed by atoms with Crippen LogP contribution in [0.25, 0.3) is 0 Å². The second-order valence-electron chi connectivity index (χ2n) is 1.42. The van der Waals surface area contributed by atoms with Gasteiger partial charge in [-0.25, -0.2) is 0 Å². The molecule has 0 N–H and O–H groups in total. The van der Waals surface area contributed by atoms with Gasteiger partial charge in [-0.1, -0.05) is 13.2 Å². The summed E-state index contributed by atoms with van der Waals surface area (Å²) in [7, 11) is 0. The molecule has 0 aromatic carbocycles. The van der Waals surface area contributed by atoms with Crippen molar-refractivity contribution >= 4 is 0 Å². The van der Waals surface area contributed by atoms with Gasteiger partial charge in [0.15, 0.2) is 0 Å². The van der Waals surface area contributed by atoms with Gasteiger partial charge in [-0.05, 0) is 12.2 Å². The molecule has 0 saturated carbocycles. The summed E-state index contributed by atoms with van der Waals surface area (Å²) in [5, 5.41) is 0. The Morgan fingerprint density at radius 2 is 1.62 bits per heavy atom. The van der Waals surface area contributed by atoms with Gasteiger partial charge in [0.2, 0.25) is 13.1 Å². The van der Waals surface area contributed by atoms with Gasteiger partial charge in [-0.15, -0.1) is 0 Å². The number of nitroso groups, excluding NO2 is 1. The molecule has 0 aliphatic heterocycles. The van der Waals surface area contributed by atoms with E-state index in [1.807, 2.05) is 0 Å². The lowest BCUT2D eigenvalue weighted by Crippen LogP contribution is -2.06. The molecule has 0 radical (unpaired) electrons. The molecule has 2 nitrogen and oxygen atoms in total. The summed E-state index contributed by atoms with van der Waals surface area (Å²) >= 11 is 0. The minimum Gasteiger partial charge on any atom is -0.0967 e. The van der Waals surface area contributed by atoms with E-state index in [1.165, 1.54) is 0 Å². The number of nitrogens with zero attached hydrogens (tertiary/aromatic N) is 1. The average Bonchev–Trinajstić information content (AvgIpc) is 1.68. The predicted molar refractivity (Wildman–Crippen MR) is 33.8 cm³/mol. The van der Waals surface area contributed by atoms with Crippen molar-refractivity contribution in [2.75, 3.05) is 13.1 Å². The van der Waals surface area contributed by atoms with Gasteiger partial charge in [-0.2, -0.15) is 0 Å². The number of hydrogen-bond donors (Lipinski definition) is 0. The SMILES string of the molecule is C=CC[N+](=O)CC=C. The maximum Gasteiger partial charge on any atom is 0.210 e. The topological polar surface area (TPSA) is 20.1 Å². The molecule has 0 unspecified atom stereocenters. The zero-order chi connectivity index (χ0) is 6.41. The zero-order valence-electron chi connectivity index (χ0n) is 4.84. The van der Waals surface area contributed by atoms with E-state index in [4.69, 9.17) is 0 Å². The highest BCUT2D eigenvalue weighted by Gasteiger charge is 1.96. The third kappa shape index (κ3) is 3.28. The fourth-order valence-corrected chi connectivity index (χ4v) is 0.363. The predicted octanol–water partition coefficient (Wildman–Crippen LogP) is 1.14. The second-order valence-corrected chi connectivity index (χ2v) is 1.42. The molecule has 0 aliphatic carbocycles. The highest BCUT2D eigenvalue weighted by atomic mass is 16.3. The molecule has 0 aromatic rings. The van der Waals surface area contributed by atoms with Crippen molar-refractivity contribution in [1.82, 2.24) is 0 Å². The fourth-order valence-electron chi connectivity index (χ4n) is 0.363. The summed E-state index contributed by atoms with van der Waals surface area (Å²) in [5.41, 5.74) is 0. The molecule has 2 heteroatoms. The van der Waals surface area contributed by atoms with Gasteiger partial charge in [0.25, 0.3) is 0 Å². The minimum absolute atomic E-state index is 0.381. The average molecular weight is 112 g/mol. The molecule has 0 rings (SSSR count). The second kappa shape index (κ2) is 4.24. The third-order valence-corrected chi connectivity index (χ3v) is 0.665. The molecule has 0 saturated heterocycles. The Balaban J connectivity index is 3.32. The highest BCUT2D eigenvalue weighted by Crippen LogP contribution is 1.73. The van der Waals surface area contributed by atoms with Crippen LogP contribution >= 0.6 is 0 Å². The molecule has 0 spiro atoms. The Labute approximate surface area is 49.1 Å². The van der Waals surface area contributed by atoms with E-state index in [0.717, 1.165) is 4.76 Å². The van der Waals surface area contributed by atoms with Crippen molar-refractivity contribution in [2.45, 2.75) is 0 Å². The Hall–Kier alpha value is -0.920. The van der Waals surface area contributed by atoms with Crippen LogP contribution in [0.3, 0.4) is 0 Å². The van der Waals surface area contributed by atoms with Gasteiger partial charge >= 0.3 is 0 Å². The Morgan fingerprint density at radius 1 is 1.25 bits per heavy atom. The molecule has 0 aliphatic rings. The first-order valence-corrected chi connectivity index (χ1v) is 2.45. The first-order chi connectivity index (χ1) is 3.81. The molecular weight excluding hydrogens is 102 g/mol. The molecule has 0 amide bonds. The molecule has 44 valence electrons. The smallest absolute Gasteiger partial charge is 0.0967 e. The summed E-state index contributed by atoms with van der Waals surface area (Å²) in [6.45, 7) is 7.58. The van der Waals surface area contributed by atoms with E-state index >= 15 is 0 Å². The quantitative estimate of drug-likeness (QED) is 0.394. The summed E-state index contributed by atoms with van der Waals surface area (Å²) < 4.78 is 0.875. The van der Waals surface area contributed by atoms with Gasteiger partial charge in [0, 0.05) is 9.67 Å². The third-order valence-electron chi connectivity index (χ3n) is 0.665. The Bertz CT molecular complexity index is 95.1. The lowest BCUT2D eigenvalue weighted by molar-refractivity contribution is -0.528. The number of rotatable bonds is 4. The molecule has 0 bridgehead atoms. The van der Waals surface area contributed by atoms with Gasteiger partial charge in [-0.3, -0.25) is 0 Å². The first kappa shape index (κ1) is 7.08. The fraction of sp³-hybridized carbons (Fsp3) is 0.333. The van der Waals surface area contributed by atoms with E-state index in [0.29, 0.717) is 13.1 Å².